The Morgan fingerprint density at radius 1 is 1.38 bits per heavy atom. The Hall–Kier alpha value is -1.95. The van der Waals surface area contributed by atoms with Gasteiger partial charge in [-0.25, -0.2) is 9.59 Å². The molecule has 0 spiro atoms. The number of hydrogen-bond acceptors (Lipinski definition) is 3. The average Bonchev–Trinajstić information content (AvgIpc) is 2.39. The first-order valence-corrected chi connectivity index (χ1v) is 6.85. The Balaban J connectivity index is 2.74. The SMILES string of the molecule is COc1ccc(Cl)c(NC(=O)NC(CC(C)C)C(=O)O)c1. The van der Waals surface area contributed by atoms with Gasteiger partial charge in [-0.15, -0.1) is 0 Å². The fourth-order valence-electron chi connectivity index (χ4n) is 1.74. The molecule has 0 radical (unpaired) electrons. The Morgan fingerprint density at radius 2 is 2.05 bits per heavy atom. The molecule has 0 aromatic heterocycles. The van der Waals surface area contributed by atoms with E-state index in [2.05, 4.69) is 10.6 Å². The zero-order chi connectivity index (χ0) is 16.0. The Labute approximate surface area is 128 Å². The minimum atomic E-state index is -1.07. The molecule has 0 bridgehead atoms. The topological polar surface area (TPSA) is 87.7 Å². The maximum absolute atomic E-state index is 11.9. The van der Waals surface area contributed by atoms with Crippen LogP contribution in [0.25, 0.3) is 0 Å². The molecule has 3 N–H and O–H groups in total. The van der Waals surface area contributed by atoms with Crippen molar-refractivity contribution in [3.8, 4) is 5.75 Å². The zero-order valence-electron chi connectivity index (χ0n) is 12.1. The van der Waals surface area contributed by atoms with E-state index in [1.54, 1.807) is 18.2 Å². The maximum atomic E-state index is 11.9. The van der Waals surface area contributed by atoms with Gasteiger partial charge in [0.05, 0.1) is 17.8 Å². The van der Waals surface area contributed by atoms with Crippen LogP contribution in [0, 0.1) is 5.92 Å². The van der Waals surface area contributed by atoms with Gasteiger partial charge in [0, 0.05) is 6.07 Å². The third kappa shape index (κ3) is 5.51. The second-order valence-corrected chi connectivity index (χ2v) is 5.37. The molecule has 0 aliphatic rings. The number of carbonyl (C=O) groups is 2. The third-order valence-electron chi connectivity index (χ3n) is 2.73. The summed E-state index contributed by atoms with van der Waals surface area (Å²) in [6, 6.07) is 3.22. The summed E-state index contributed by atoms with van der Waals surface area (Å²) in [5.41, 5.74) is 0.349. The molecule has 1 unspecified atom stereocenters. The molecule has 1 rings (SSSR count). The molecule has 1 atom stereocenters. The lowest BCUT2D eigenvalue weighted by molar-refractivity contribution is -0.139. The Bertz CT molecular complexity index is 520. The van der Waals surface area contributed by atoms with E-state index in [1.165, 1.54) is 7.11 Å². The molecule has 0 aliphatic heterocycles. The summed E-state index contributed by atoms with van der Waals surface area (Å²) >= 11 is 5.97. The van der Waals surface area contributed by atoms with Gasteiger partial charge in [0.1, 0.15) is 11.8 Å². The van der Waals surface area contributed by atoms with E-state index < -0.39 is 18.0 Å². The molecule has 1 aromatic rings. The number of rotatable bonds is 6. The monoisotopic (exact) mass is 314 g/mol. The minimum absolute atomic E-state index is 0.145. The number of benzene rings is 1. The van der Waals surface area contributed by atoms with E-state index in [0.717, 1.165) is 0 Å². The lowest BCUT2D eigenvalue weighted by atomic mass is 10.0. The predicted octanol–water partition coefficient (Wildman–Crippen LogP) is 2.97. The smallest absolute Gasteiger partial charge is 0.326 e. The summed E-state index contributed by atoms with van der Waals surface area (Å²) in [5.74, 6) is -0.394. The molecule has 0 heterocycles. The van der Waals surface area contributed by atoms with Crippen molar-refractivity contribution in [3.63, 3.8) is 0 Å². The zero-order valence-corrected chi connectivity index (χ0v) is 12.9. The number of methoxy groups -OCH3 is 1. The van der Waals surface area contributed by atoms with Crippen LogP contribution in [0.3, 0.4) is 0 Å². The number of urea groups is 1. The van der Waals surface area contributed by atoms with Gasteiger partial charge in [0.15, 0.2) is 0 Å². The molecule has 7 heteroatoms. The quantitative estimate of drug-likeness (QED) is 0.753. The fraction of sp³-hybridized carbons (Fsp3) is 0.429. The lowest BCUT2D eigenvalue weighted by Gasteiger charge is -2.17. The largest absolute Gasteiger partial charge is 0.497 e. The summed E-state index contributed by atoms with van der Waals surface area (Å²) in [6.45, 7) is 3.77. The lowest BCUT2D eigenvalue weighted by Crippen LogP contribution is -2.43. The van der Waals surface area contributed by atoms with Gasteiger partial charge >= 0.3 is 12.0 Å². The first-order valence-electron chi connectivity index (χ1n) is 6.47. The van der Waals surface area contributed by atoms with Crippen molar-refractivity contribution in [2.75, 3.05) is 12.4 Å². The van der Waals surface area contributed by atoms with Gasteiger partial charge in [-0.05, 0) is 24.5 Å². The highest BCUT2D eigenvalue weighted by molar-refractivity contribution is 6.33. The van der Waals surface area contributed by atoms with Crippen LogP contribution in [0.4, 0.5) is 10.5 Å². The van der Waals surface area contributed by atoms with Crippen molar-refractivity contribution in [3.05, 3.63) is 23.2 Å². The summed E-state index contributed by atoms with van der Waals surface area (Å²) in [7, 11) is 1.50. The van der Waals surface area contributed by atoms with Crippen molar-refractivity contribution in [1.29, 1.82) is 0 Å². The van der Waals surface area contributed by atoms with Crippen LogP contribution in [0.15, 0.2) is 18.2 Å². The summed E-state index contributed by atoms with van der Waals surface area (Å²) in [6.07, 6.45) is 0.342. The predicted molar refractivity (Wildman–Crippen MR) is 81.0 cm³/mol. The maximum Gasteiger partial charge on any atom is 0.326 e. The van der Waals surface area contributed by atoms with E-state index in [-0.39, 0.29) is 5.92 Å². The van der Waals surface area contributed by atoms with Crippen molar-refractivity contribution in [1.82, 2.24) is 5.32 Å². The highest BCUT2D eigenvalue weighted by Crippen LogP contribution is 2.26. The number of ether oxygens (including phenoxy) is 1. The van der Waals surface area contributed by atoms with Crippen LogP contribution < -0.4 is 15.4 Å². The van der Waals surface area contributed by atoms with E-state index >= 15 is 0 Å². The highest BCUT2D eigenvalue weighted by atomic mass is 35.5. The van der Waals surface area contributed by atoms with Crippen LogP contribution in [0.2, 0.25) is 5.02 Å². The summed E-state index contributed by atoms with van der Waals surface area (Å²) in [4.78, 5) is 23.0. The first-order chi connectivity index (χ1) is 9.83. The number of hydrogen-bond donors (Lipinski definition) is 3. The third-order valence-corrected chi connectivity index (χ3v) is 3.06. The van der Waals surface area contributed by atoms with Crippen molar-refractivity contribution in [2.45, 2.75) is 26.3 Å². The number of amides is 2. The number of carboxylic acids is 1. The van der Waals surface area contributed by atoms with E-state index in [0.29, 0.717) is 22.9 Å². The van der Waals surface area contributed by atoms with Gasteiger partial charge in [0.25, 0.3) is 0 Å². The molecule has 0 saturated heterocycles. The number of carbonyl (C=O) groups excluding carboxylic acids is 1. The first kappa shape index (κ1) is 17.1. The van der Waals surface area contributed by atoms with Crippen LogP contribution in [0.1, 0.15) is 20.3 Å². The molecular weight excluding hydrogens is 296 g/mol. The van der Waals surface area contributed by atoms with Crippen molar-refractivity contribution >= 4 is 29.3 Å². The minimum Gasteiger partial charge on any atom is -0.497 e. The number of aliphatic carboxylic acids is 1. The molecule has 1 aromatic carbocycles. The van der Waals surface area contributed by atoms with Crippen molar-refractivity contribution in [2.24, 2.45) is 5.92 Å². The van der Waals surface area contributed by atoms with Gasteiger partial charge in [0.2, 0.25) is 0 Å². The molecule has 116 valence electrons. The van der Waals surface area contributed by atoms with Gasteiger partial charge in [-0.2, -0.15) is 0 Å². The van der Waals surface area contributed by atoms with Crippen LogP contribution in [0.5, 0.6) is 5.75 Å². The molecular formula is C14H19ClN2O4. The van der Waals surface area contributed by atoms with E-state index in [4.69, 9.17) is 21.4 Å². The average molecular weight is 315 g/mol. The van der Waals surface area contributed by atoms with Crippen LogP contribution in [-0.4, -0.2) is 30.3 Å². The normalized spacial score (nSPS) is 11.9. The van der Waals surface area contributed by atoms with E-state index in [9.17, 15) is 9.59 Å². The molecule has 21 heavy (non-hydrogen) atoms. The molecule has 0 saturated carbocycles. The van der Waals surface area contributed by atoms with Gasteiger partial charge in [-0.1, -0.05) is 25.4 Å². The van der Waals surface area contributed by atoms with Gasteiger partial charge in [-0.3, -0.25) is 0 Å². The summed E-state index contributed by atoms with van der Waals surface area (Å²) in [5, 5.41) is 14.4. The second-order valence-electron chi connectivity index (χ2n) is 4.96. The fourth-order valence-corrected chi connectivity index (χ4v) is 1.90. The number of nitrogens with one attached hydrogen (secondary N) is 2. The van der Waals surface area contributed by atoms with E-state index in [1.807, 2.05) is 13.8 Å². The van der Waals surface area contributed by atoms with Gasteiger partial charge < -0.3 is 20.5 Å². The standard InChI is InChI=1S/C14H19ClN2O4/c1-8(2)6-12(13(18)19)17-14(20)16-11-7-9(21-3)4-5-10(11)15/h4-5,7-8,12H,6H2,1-3H3,(H,18,19)(H2,16,17,20). The van der Waals surface area contributed by atoms with Crippen LogP contribution >= 0.6 is 11.6 Å². The van der Waals surface area contributed by atoms with Crippen molar-refractivity contribution < 1.29 is 19.4 Å². The van der Waals surface area contributed by atoms with Crippen LogP contribution in [-0.2, 0) is 4.79 Å². The second kappa shape index (κ2) is 7.73. The number of anilines is 1. The molecule has 2 amide bonds. The molecule has 6 nitrogen and oxygen atoms in total. The molecule has 0 aliphatic carbocycles. The highest BCUT2D eigenvalue weighted by Gasteiger charge is 2.21. The Kier molecular flexibility index (Phi) is 6.30. The Morgan fingerprint density at radius 3 is 2.57 bits per heavy atom. The summed E-state index contributed by atoms with van der Waals surface area (Å²) < 4.78 is 5.04. The number of halogens is 1. The molecule has 0 fully saturated rings. The number of carboxylic acid groups (broad SMARTS) is 1.